The Labute approximate surface area is 175 Å². The van der Waals surface area contributed by atoms with Crippen LogP contribution in [0.3, 0.4) is 0 Å². The predicted octanol–water partition coefficient (Wildman–Crippen LogP) is 4.81. The molecule has 0 radical (unpaired) electrons. The van der Waals surface area contributed by atoms with Gasteiger partial charge in [0.2, 0.25) is 5.91 Å². The molecular weight excluding hydrogens is 423 g/mol. The molecule has 30 heavy (non-hydrogen) atoms. The third-order valence-electron chi connectivity index (χ3n) is 4.43. The van der Waals surface area contributed by atoms with Crippen molar-refractivity contribution >= 4 is 29.2 Å². The first-order valence-electron chi connectivity index (χ1n) is 9.17. The van der Waals surface area contributed by atoms with Crippen LogP contribution in [0.25, 0.3) is 0 Å². The first-order valence-corrected chi connectivity index (χ1v) is 9.55. The van der Waals surface area contributed by atoms with Crippen molar-refractivity contribution in [2.75, 3.05) is 18.4 Å². The van der Waals surface area contributed by atoms with Gasteiger partial charge in [0.25, 0.3) is 0 Å². The van der Waals surface area contributed by atoms with Crippen molar-refractivity contribution < 1.29 is 27.5 Å². The van der Waals surface area contributed by atoms with Crippen molar-refractivity contribution in [3.05, 3.63) is 53.6 Å². The fraction of sp³-hybridized carbons (Fsp3) is 0.300. The summed E-state index contributed by atoms with van der Waals surface area (Å²) in [7, 11) is 0. The number of hydrogen-bond donors (Lipinski definition) is 2. The standard InChI is InChI=1S/C20H19ClF3N3O3/c21-13-8-9-17(30-14-5-2-1-3-6-14)15(11-13)26-19(29)27-10-4-7-16(27)18(28)25-12-20(22,23)24/h1-3,5-6,8-9,11,16H,4,7,10,12H2,(H,25,28)(H,26,29). The fourth-order valence-corrected chi connectivity index (χ4v) is 3.25. The molecule has 2 N–H and O–H groups in total. The van der Waals surface area contributed by atoms with E-state index in [4.69, 9.17) is 16.3 Å². The van der Waals surface area contributed by atoms with Crippen LogP contribution in [0.1, 0.15) is 12.8 Å². The van der Waals surface area contributed by atoms with Gasteiger partial charge in [-0.25, -0.2) is 4.79 Å². The Balaban J connectivity index is 1.71. The zero-order valence-electron chi connectivity index (χ0n) is 15.7. The molecule has 10 heteroatoms. The number of carbonyl (C=O) groups excluding carboxylic acids is 2. The molecule has 3 rings (SSSR count). The molecule has 0 aliphatic carbocycles. The summed E-state index contributed by atoms with van der Waals surface area (Å²) in [5.41, 5.74) is 0.276. The summed E-state index contributed by atoms with van der Waals surface area (Å²) in [5, 5.41) is 4.83. The van der Waals surface area contributed by atoms with Gasteiger partial charge in [0.1, 0.15) is 18.3 Å². The number of para-hydroxylation sites is 1. The maximum absolute atomic E-state index is 12.8. The lowest BCUT2D eigenvalue weighted by Crippen LogP contribution is -2.49. The molecule has 0 aromatic heterocycles. The summed E-state index contributed by atoms with van der Waals surface area (Å²) in [6.07, 6.45) is -3.74. The SMILES string of the molecule is O=C(NCC(F)(F)F)C1CCCN1C(=O)Nc1cc(Cl)ccc1Oc1ccccc1. The Morgan fingerprint density at radius 2 is 1.90 bits per heavy atom. The molecule has 1 unspecified atom stereocenters. The number of alkyl halides is 3. The van der Waals surface area contributed by atoms with Gasteiger partial charge < -0.3 is 20.3 Å². The molecule has 2 aromatic rings. The molecule has 1 heterocycles. The second kappa shape index (κ2) is 9.25. The van der Waals surface area contributed by atoms with Gasteiger partial charge >= 0.3 is 12.2 Å². The summed E-state index contributed by atoms with van der Waals surface area (Å²) in [4.78, 5) is 26.1. The number of nitrogens with zero attached hydrogens (tertiary/aromatic N) is 1. The van der Waals surface area contributed by atoms with Gasteiger partial charge in [0.15, 0.2) is 5.75 Å². The number of amides is 3. The van der Waals surface area contributed by atoms with Gasteiger partial charge in [0.05, 0.1) is 5.69 Å². The van der Waals surface area contributed by atoms with Crippen LogP contribution in [0.2, 0.25) is 5.02 Å². The van der Waals surface area contributed by atoms with Crippen LogP contribution in [0.4, 0.5) is 23.7 Å². The molecule has 1 aliphatic rings. The summed E-state index contributed by atoms with van der Waals surface area (Å²) < 4.78 is 42.9. The van der Waals surface area contributed by atoms with E-state index in [0.717, 1.165) is 0 Å². The van der Waals surface area contributed by atoms with Crippen molar-refractivity contribution in [3.63, 3.8) is 0 Å². The van der Waals surface area contributed by atoms with Gasteiger partial charge in [0, 0.05) is 11.6 Å². The number of nitrogens with one attached hydrogen (secondary N) is 2. The highest BCUT2D eigenvalue weighted by atomic mass is 35.5. The van der Waals surface area contributed by atoms with Gasteiger partial charge in [-0.3, -0.25) is 4.79 Å². The molecule has 1 saturated heterocycles. The number of ether oxygens (including phenoxy) is 1. The van der Waals surface area contributed by atoms with Gasteiger partial charge in [-0.05, 0) is 43.2 Å². The van der Waals surface area contributed by atoms with Crippen molar-refractivity contribution in [2.24, 2.45) is 0 Å². The van der Waals surface area contributed by atoms with E-state index in [-0.39, 0.29) is 18.7 Å². The molecule has 0 bridgehead atoms. The molecule has 160 valence electrons. The molecule has 1 fully saturated rings. The lowest BCUT2D eigenvalue weighted by Gasteiger charge is -2.25. The van der Waals surface area contributed by atoms with E-state index < -0.39 is 30.7 Å². The highest BCUT2D eigenvalue weighted by Crippen LogP contribution is 2.32. The second-order valence-corrected chi connectivity index (χ2v) is 7.11. The Morgan fingerprint density at radius 1 is 1.17 bits per heavy atom. The van der Waals surface area contributed by atoms with E-state index in [1.54, 1.807) is 36.4 Å². The third-order valence-corrected chi connectivity index (χ3v) is 4.67. The van der Waals surface area contributed by atoms with E-state index >= 15 is 0 Å². The molecule has 3 amide bonds. The summed E-state index contributed by atoms with van der Waals surface area (Å²) >= 11 is 6.03. The molecule has 1 aliphatic heterocycles. The predicted molar refractivity (Wildman–Crippen MR) is 106 cm³/mol. The number of urea groups is 1. The first-order chi connectivity index (χ1) is 14.2. The van der Waals surface area contributed by atoms with E-state index in [1.807, 2.05) is 11.4 Å². The van der Waals surface area contributed by atoms with Gasteiger partial charge in [-0.15, -0.1) is 0 Å². The van der Waals surface area contributed by atoms with Gasteiger partial charge in [-0.2, -0.15) is 13.2 Å². The molecular formula is C20H19ClF3N3O3. The number of rotatable bonds is 5. The van der Waals surface area contributed by atoms with Crippen LogP contribution in [-0.4, -0.2) is 42.1 Å². The van der Waals surface area contributed by atoms with Crippen LogP contribution in [0.5, 0.6) is 11.5 Å². The van der Waals surface area contributed by atoms with Gasteiger partial charge in [-0.1, -0.05) is 29.8 Å². The minimum absolute atomic E-state index is 0.241. The molecule has 0 spiro atoms. The van der Waals surface area contributed by atoms with Crippen LogP contribution in [-0.2, 0) is 4.79 Å². The number of anilines is 1. The lowest BCUT2D eigenvalue weighted by molar-refractivity contribution is -0.140. The van der Waals surface area contributed by atoms with E-state index in [0.29, 0.717) is 22.9 Å². The van der Waals surface area contributed by atoms with Crippen molar-refractivity contribution in [1.82, 2.24) is 10.2 Å². The van der Waals surface area contributed by atoms with Crippen molar-refractivity contribution in [2.45, 2.75) is 25.1 Å². The Bertz CT molecular complexity index is 909. The Kier molecular flexibility index (Phi) is 6.71. The number of halogens is 4. The number of hydrogen-bond acceptors (Lipinski definition) is 3. The molecule has 0 saturated carbocycles. The Hall–Kier alpha value is -2.94. The van der Waals surface area contributed by atoms with E-state index in [9.17, 15) is 22.8 Å². The number of benzene rings is 2. The highest BCUT2D eigenvalue weighted by molar-refractivity contribution is 6.31. The largest absolute Gasteiger partial charge is 0.455 e. The third kappa shape index (κ3) is 5.79. The zero-order valence-corrected chi connectivity index (χ0v) is 16.5. The maximum Gasteiger partial charge on any atom is 0.405 e. The smallest absolute Gasteiger partial charge is 0.405 e. The number of likely N-dealkylation sites (tertiary alicyclic amines) is 1. The van der Waals surface area contributed by atoms with Crippen LogP contribution >= 0.6 is 11.6 Å². The second-order valence-electron chi connectivity index (χ2n) is 6.67. The number of carbonyl (C=O) groups is 2. The minimum Gasteiger partial charge on any atom is -0.455 e. The van der Waals surface area contributed by atoms with Crippen LogP contribution in [0, 0.1) is 0 Å². The summed E-state index contributed by atoms with van der Waals surface area (Å²) in [5.74, 6) is 0.0314. The quantitative estimate of drug-likeness (QED) is 0.699. The molecule has 6 nitrogen and oxygen atoms in total. The molecule has 1 atom stereocenters. The molecule has 2 aromatic carbocycles. The zero-order chi connectivity index (χ0) is 21.7. The average molecular weight is 442 g/mol. The normalized spacial score (nSPS) is 16.3. The van der Waals surface area contributed by atoms with Crippen LogP contribution < -0.4 is 15.4 Å². The summed E-state index contributed by atoms with van der Waals surface area (Å²) in [6.45, 7) is -1.20. The van der Waals surface area contributed by atoms with E-state index in [1.165, 1.54) is 11.0 Å². The van der Waals surface area contributed by atoms with Crippen molar-refractivity contribution in [1.29, 1.82) is 0 Å². The first kappa shape index (κ1) is 21.8. The Morgan fingerprint density at radius 3 is 2.60 bits per heavy atom. The fourth-order valence-electron chi connectivity index (χ4n) is 3.08. The lowest BCUT2D eigenvalue weighted by atomic mass is 10.2. The monoisotopic (exact) mass is 441 g/mol. The van der Waals surface area contributed by atoms with E-state index in [2.05, 4.69) is 5.32 Å². The topological polar surface area (TPSA) is 70.7 Å². The maximum atomic E-state index is 12.8. The van der Waals surface area contributed by atoms with Crippen LogP contribution in [0.15, 0.2) is 48.5 Å². The average Bonchev–Trinajstić information content (AvgIpc) is 3.18. The minimum atomic E-state index is -4.52. The highest BCUT2D eigenvalue weighted by Gasteiger charge is 2.36. The van der Waals surface area contributed by atoms with Crippen molar-refractivity contribution in [3.8, 4) is 11.5 Å². The summed E-state index contributed by atoms with van der Waals surface area (Å²) in [6, 6.07) is 12.0.